The van der Waals surface area contributed by atoms with Crippen molar-refractivity contribution >= 4 is 39.5 Å². The predicted molar refractivity (Wildman–Crippen MR) is 145 cm³/mol. The Bertz CT molecular complexity index is 1440. The number of sulfonamides is 1. The molecule has 0 N–H and O–H groups in total. The molecule has 6 nitrogen and oxygen atoms in total. The van der Waals surface area contributed by atoms with E-state index in [1.807, 2.05) is 60.8 Å². The van der Waals surface area contributed by atoms with Crippen molar-refractivity contribution in [2.75, 3.05) is 11.4 Å². The number of rotatable bonds is 6. The van der Waals surface area contributed by atoms with Crippen molar-refractivity contribution in [2.45, 2.75) is 29.8 Å². The fraction of sp³-hybridized carbons (Fsp3) is 0.185. The first kappa shape index (κ1) is 25.9. The van der Waals surface area contributed by atoms with Gasteiger partial charge in [-0.25, -0.2) is 8.42 Å². The molecule has 0 bridgehead atoms. The van der Waals surface area contributed by atoms with Gasteiger partial charge in [0.2, 0.25) is 0 Å². The van der Waals surface area contributed by atoms with Gasteiger partial charge in [-0.05, 0) is 58.8 Å². The summed E-state index contributed by atoms with van der Waals surface area (Å²) in [6.45, 7) is 1.30. The Kier molecular flexibility index (Phi) is 8.07. The standard InChI is InChI=1S/C27H24N4O2S2.ClH/c28-16-22-10-11-26-24(14-22)19-31(35(32,33)27-9-5-13-34-27)25(15-21-6-2-1-3-7-21)20-30(26)18-23-8-4-12-29-17-23;/h1-14,17,25H,15,18-20H2;1H/t25-;/m1./s1. The summed E-state index contributed by atoms with van der Waals surface area (Å²) in [5.74, 6) is 0. The quantitative estimate of drug-likeness (QED) is 0.336. The van der Waals surface area contributed by atoms with Crippen LogP contribution in [0.4, 0.5) is 5.69 Å². The molecule has 184 valence electrons. The lowest BCUT2D eigenvalue weighted by Crippen LogP contribution is -2.45. The molecule has 2 aromatic heterocycles. The Labute approximate surface area is 221 Å². The average molecular weight is 537 g/mol. The summed E-state index contributed by atoms with van der Waals surface area (Å²) in [5, 5.41) is 11.3. The van der Waals surface area contributed by atoms with Crippen LogP contribution in [-0.2, 0) is 29.5 Å². The summed E-state index contributed by atoms with van der Waals surface area (Å²) in [7, 11) is -3.74. The third kappa shape index (κ3) is 5.45. The number of fused-ring (bicyclic) bond motifs is 1. The number of hydrogen-bond donors (Lipinski definition) is 0. The van der Waals surface area contributed by atoms with Crippen molar-refractivity contribution in [1.29, 1.82) is 5.26 Å². The van der Waals surface area contributed by atoms with Crippen LogP contribution in [0.15, 0.2) is 94.8 Å². The number of anilines is 1. The molecule has 0 radical (unpaired) electrons. The molecule has 1 aliphatic heterocycles. The molecule has 36 heavy (non-hydrogen) atoms. The van der Waals surface area contributed by atoms with E-state index in [2.05, 4.69) is 16.0 Å². The first-order valence-electron chi connectivity index (χ1n) is 11.3. The summed E-state index contributed by atoms with van der Waals surface area (Å²) in [4.78, 5) is 6.47. The van der Waals surface area contributed by atoms with Gasteiger partial charge in [-0.15, -0.1) is 23.7 Å². The highest BCUT2D eigenvalue weighted by Gasteiger charge is 2.37. The van der Waals surface area contributed by atoms with E-state index in [4.69, 9.17) is 0 Å². The van der Waals surface area contributed by atoms with Crippen molar-refractivity contribution in [1.82, 2.24) is 9.29 Å². The van der Waals surface area contributed by atoms with Gasteiger partial charge in [0.15, 0.2) is 0 Å². The second kappa shape index (κ2) is 11.2. The zero-order valence-corrected chi connectivity index (χ0v) is 21.8. The smallest absolute Gasteiger partial charge is 0.253 e. The summed E-state index contributed by atoms with van der Waals surface area (Å²) in [6, 6.07) is 24.8. The van der Waals surface area contributed by atoms with E-state index in [1.54, 1.807) is 34.1 Å². The average Bonchev–Trinajstić information content (AvgIpc) is 3.39. The van der Waals surface area contributed by atoms with Crippen LogP contribution in [0.5, 0.6) is 0 Å². The summed E-state index contributed by atoms with van der Waals surface area (Å²) < 4.78 is 29.7. The Morgan fingerprint density at radius 3 is 2.53 bits per heavy atom. The van der Waals surface area contributed by atoms with Crippen LogP contribution in [-0.4, -0.2) is 30.3 Å². The predicted octanol–water partition coefficient (Wildman–Crippen LogP) is 5.26. The van der Waals surface area contributed by atoms with Crippen LogP contribution in [0.3, 0.4) is 0 Å². The maximum Gasteiger partial charge on any atom is 0.253 e. The number of nitrogens with zero attached hydrogens (tertiary/aromatic N) is 4. The molecule has 2 aromatic carbocycles. The van der Waals surface area contributed by atoms with E-state index >= 15 is 0 Å². The minimum atomic E-state index is -3.74. The lowest BCUT2D eigenvalue weighted by molar-refractivity contribution is 0.318. The highest BCUT2D eigenvalue weighted by Crippen LogP contribution is 2.34. The van der Waals surface area contributed by atoms with Crippen LogP contribution < -0.4 is 4.90 Å². The van der Waals surface area contributed by atoms with E-state index in [0.717, 1.165) is 22.4 Å². The molecule has 0 saturated carbocycles. The lowest BCUT2D eigenvalue weighted by Gasteiger charge is -2.32. The topological polar surface area (TPSA) is 77.3 Å². The number of thiophene rings is 1. The molecule has 1 aliphatic rings. The van der Waals surface area contributed by atoms with Gasteiger partial charge in [-0.1, -0.05) is 42.5 Å². The molecule has 0 aliphatic carbocycles. The fourth-order valence-electron chi connectivity index (χ4n) is 4.55. The molecule has 0 unspecified atom stereocenters. The largest absolute Gasteiger partial charge is 0.365 e. The Hall–Kier alpha value is -3.22. The van der Waals surface area contributed by atoms with Crippen LogP contribution >= 0.6 is 23.7 Å². The van der Waals surface area contributed by atoms with E-state index in [-0.39, 0.29) is 25.0 Å². The zero-order valence-electron chi connectivity index (χ0n) is 19.4. The van der Waals surface area contributed by atoms with Crippen molar-refractivity contribution in [3.05, 3.63) is 113 Å². The highest BCUT2D eigenvalue weighted by molar-refractivity contribution is 7.91. The van der Waals surface area contributed by atoms with Gasteiger partial charge in [0.1, 0.15) is 4.21 Å². The van der Waals surface area contributed by atoms with Crippen molar-refractivity contribution < 1.29 is 8.42 Å². The van der Waals surface area contributed by atoms with Gasteiger partial charge in [0.05, 0.1) is 11.6 Å². The SMILES string of the molecule is Cl.N#Cc1ccc2c(c1)CN(S(=O)(=O)c1cccs1)[C@H](Cc1ccccc1)CN2Cc1cccnc1. The number of pyridine rings is 1. The maximum absolute atomic E-state index is 13.9. The normalized spacial score (nSPS) is 15.9. The Balaban J connectivity index is 0.00000304. The number of nitriles is 1. The molecule has 0 fully saturated rings. The van der Waals surface area contributed by atoms with Gasteiger partial charge in [-0.2, -0.15) is 9.57 Å². The third-order valence-electron chi connectivity index (χ3n) is 6.18. The minimum Gasteiger partial charge on any atom is -0.365 e. The molecule has 1 atom stereocenters. The van der Waals surface area contributed by atoms with Gasteiger partial charge >= 0.3 is 0 Å². The molecule has 4 aromatic rings. The molecule has 0 spiro atoms. The Morgan fingerprint density at radius 1 is 1.03 bits per heavy atom. The van der Waals surface area contributed by atoms with Crippen LogP contribution in [0.25, 0.3) is 0 Å². The first-order chi connectivity index (χ1) is 17.0. The minimum absolute atomic E-state index is 0. The molecule has 0 amide bonds. The van der Waals surface area contributed by atoms with E-state index in [9.17, 15) is 13.7 Å². The second-order valence-electron chi connectivity index (χ2n) is 8.52. The van der Waals surface area contributed by atoms with E-state index in [0.29, 0.717) is 29.3 Å². The van der Waals surface area contributed by atoms with Crippen molar-refractivity contribution in [3.63, 3.8) is 0 Å². The fourth-order valence-corrected chi connectivity index (χ4v) is 7.27. The van der Waals surface area contributed by atoms with Gasteiger partial charge in [-0.3, -0.25) is 4.98 Å². The van der Waals surface area contributed by atoms with Crippen LogP contribution in [0.2, 0.25) is 0 Å². The van der Waals surface area contributed by atoms with Gasteiger partial charge < -0.3 is 4.90 Å². The lowest BCUT2D eigenvalue weighted by atomic mass is 10.1. The number of benzene rings is 2. The van der Waals surface area contributed by atoms with Crippen LogP contribution in [0, 0.1) is 11.3 Å². The molecular weight excluding hydrogens is 512 g/mol. The monoisotopic (exact) mass is 536 g/mol. The molecular formula is C27H25ClN4O2S2. The highest BCUT2D eigenvalue weighted by atomic mass is 35.5. The first-order valence-corrected chi connectivity index (χ1v) is 13.6. The molecule has 9 heteroatoms. The van der Waals surface area contributed by atoms with Gasteiger partial charge in [0.25, 0.3) is 10.0 Å². The zero-order chi connectivity index (χ0) is 24.3. The molecule has 0 saturated heterocycles. The Morgan fingerprint density at radius 2 is 1.83 bits per heavy atom. The van der Waals surface area contributed by atoms with E-state index in [1.165, 1.54) is 11.3 Å². The number of halogens is 1. The molecule has 5 rings (SSSR count). The van der Waals surface area contributed by atoms with Gasteiger partial charge in [0, 0.05) is 43.8 Å². The van der Waals surface area contributed by atoms with Crippen molar-refractivity contribution in [2.24, 2.45) is 0 Å². The number of aromatic nitrogens is 1. The maximum atomic E-state index is 13.9. The summed E-state index contributed by atoms with van der Waals surface area (Å²) in [5.41, 5.74) is 4.39. The summed E-state index contributed by atoms with van der Waals surface area (Å²) in [6.07, 6.45) is 4.15. The van der Waals surface area contributed by atoms with E-state index < -0.39 is 10.0 Å². The third-order valence-corrected chi connectivity index (χ3v) is 9.45. The molecule has 3 heterocycles. The second-order valence-corrected chi connectivity index (χ2v) is 11.6. The number of hydrogen-bond acceptors (Lipinski definition) is 6. The van der Waals surface area contributed by atoms with Crippen LogP contribution in [0.1, 0.15) is 22.3 Å². The summed E-state index contributed by atoms with van der Waals surface area (Å²) >= 11 is 1.23. The van der Waals surface area contributed by atoms with Crippen molar-refractivity contribution in [3.8, 4) is 6.07 Å².